The number of alkyl halides is 3. The van der Waals surface area contributed by atoms with Crippen LogP contribution in [0.1, 0.15) is 11.1 Å². The number of hydrogen-bond acceptors (Lipinski definition) is 2. The molecule has 0 aliphatic rings. The summed E-state index contributed by atoms with van der Waals surface area (Å²) in [4.78, 5) is 0. The van der Waals surface area contributed by atoms with Gasteiger partial charge in [-0.25, -0.2) is 0 Å². The number of amidine groups is 1. The quantitative estimate of drug-likeness (QED) is 0.624. The highest BCUT2D eigenvalue weighted by molar-refractivity contribution is 9.10. The maximum atomic E-state index is 12.6. The topological polar surface area (TPSA) is 59.1 Å². The number of benzene rings is 2. The number of nitrogen functional groups attached to an aromatic ring is 1. The summed E-state index contributed by atoms with van der Waals surface area (Å²) in [6.07, 6.45) is -4.42. The average molecular weight is 359 g/mol. The molecule has 0 atom stereocenters. The second kappa shape index (κ2) is 5.77. The number of hydrogen-bond donors (Lipinski definition) is 2. The Morgan fingerprint density at radius 1 is 1.10 bits per heavy atom. The minimum absolute atomic E-state index is 0.0762. The first kappa shape index (κ1) is 15.4. The van der Waals surface area contributed by atoms with Gasteiger partial charge in [0.1, 0.15) is 17.3 Å². The molecule has 3 nitrogen and oxygen atoms in total. The van der Waals surface area contributed by atoms with Crippen LogP contribution in [0.4, 0.5) is 13.2 Å². The molecule has 0 aliphatic heterocycles. The molecule has 7 heteroatoms. The fourth-order valence-corrected chi connectivity index (χ4v) is 2.22. The molecule has 0 saturated heterocycles. The average Bonchev–Trinajstić information content (AvgIpc) is 2.37. The van der Waals surface area contributed by atoms with Crippen molar-refractivity contribution in [3.8, 4) is 11.5 Å². The van der Waals surface area contributed by atoms with Gasteiger partial charge in [-0.1, -0.05) is 6.07 Å². The fraction of sp³-hybridized carbons (Fsp3) is 0.0714. The van der Waals surface area contributed by atoms with Crippen LogP contribution < -0.4 is 10.5 Å². The molecule has 0 saturated carbocycles. The summed E-state index contributed by atoms with van der Waals surface area (Å²) in [5.41, 5.74) is 5.07. The first-order valence-electron chi connectivity index (χ1n) is 5.76. The molecule has 3 N–H and O–H groups in total. The van der Waals surface area contributed by atoms with E-state index in [4.69, 9.17) is 15.9 Å². The Labute approximate surface area is 127 Å². The summed E-state index contributed by atoms with van der Waals surface area (Å²) >= 11 is 3.23. The molecule has 0 heterocycles. The van der Waals surface area contributed by atoms with Gasteiger partial charge >= 0.3 is 6.18 Å². The van der Waals surface area contributed by atoms with Crippen LogP contribution in [0.3, 0.4) is 0 Å². The summed E-state index contributed by atoms with van der Waals surface area (Å²) < 4.78 is 43.8. The van der Waals surface area contributed by atoms with E-state index in [-0.39, 0.29) is 11.6 Å². The predicted octanol–water partition coefficient (Wildman–Crippen LogP) is 4.54. The van der Waals surface area contributed by atoms with Gasteiger partial charge in [0.15, 0.2) is 0 Å². The summed E-state index contributed by atoms with van der Waals surface area (Å²) in [6.45, 7) is 0. The first-order valence-corrected chi connectivity index (χ1v) is 6.56. The summed E-state index contributed by atoms with van der Waals surface area (Å²) in [6, 6.07) is 9.22. The molecule has 0 aromatic heterocycles. The zero-order chi connectivity index (χ0) is 15.6. The molecule has 0 bridgehead atoms. The van der Waals surface area contributed by atoms with Crippen LogP contribution in [0, 0.1) is 5.41 Å². The molecule has 2 aromatic rings. The summed E-state index contributed by atoms with van der Waals surface area (Å²) in [7, 11) is 0. The van der Waals surface area contributed by atoms with Gasteiger partial charge in [-0.05, 0) is 52.3 Å². The van der Waals surface area contributed by atoms with Gasteiger partial charge in [0, 0.05) is 10.0 Å². The maximum Gasteiger partial charge on any atom is 0.416 e. The number of rotatable bonds is 3. The molecule has 0 spiro atoms. The second-order valence-electron chi connectivity index (χ2n) is 4.18. The van der Waals surface area contributed by atoms with Crippen LogP contribution in [0.2, 0.25) is 0 Å². The van der Waals surface area contributed by atoms with Gasteiger partial charge in [0.2, 0.25) is 0 Å². The molecule has 2 aromatic carbocycles. The van der Waals surface area contributed by atoms with Gasteiger partial charge in [0.05, 0.1) is 5.56 Å². The van der Waals surface area contributed by atoms with Crippen molar-refractivity contribution in [2.24, 2.45) is 5.73 Å². The number of halogens is 4. The third-order valence-electron chi connectivity index (χ3n) is 2.63. The maximum absolute atomic E-state index is 12.6. The van der Waals surface area contributed by atoms with Crippen molar-refractivity contribution in [3.05, 3.63) is 58.1 Å². The highest BCUT2D eigenvalue weighted by Gasteiger charge is 2.30. The van der Waals surface area contributed by atoms with Crippen molar-refractivity contribution in [1.29, 1.82) is 5.41 Å². The Bertz CT molecular complexity index is 686. The number of nitrogens with two attached hydrogens (primary N) is 1. The van der Waals surface area contributed by atoms with E-state index in [1.165, 1.54) is 24.3 Å². The molecule has 21 heavy (non-hydrogen) atoms. The van der Waals surface area contributed by atoms with Crippen LogP contribution in [0.5, 0.6) is 11.5 Å². The smallest absolute Gasteiger partial charge is 0.416 e. The zero-order valence-corrected chi connectivity index (χ0v) is 12.1. The number of nitrogens with one attached hydrogen (secondary N) is 1. The Morgan fingerprint density at radius 3 is 2.33 bits per heavy atom. The summed E-state index contributed by atoms with van der Waals surface area (Å²) in [5, 5.41) is 7.35. The van der Waals surface area contributed by atoms with E-state index in [1.807, 2.05) is 0 Å². The normalized spacial score (nSPS) is 11.2. The molecule has 0 amide bonds. The van der Waals surface area contributed by atoms with Crippen molar-refractivity contribution in [2.45, 2.75) is 6.18 Å². The molecule has 0 unspecified atom stereocenters. The lowest BCUT2D eigenvalue weighted by molar-refractivity contribution is -0.137. The van der Waals surface area contributed by atoms with E-state index in [0.717, 1.165) is 12.1 Å². The Hall–Kier alpha value is -2.02. The van der Waals surface area contributed by atoms with Crippen LogP contribution >= 0.6 is 15.9 Å². The van der Waals surface area contributed by atoms with Crippen molar-refractivity contribution in [1.82, 2.24) is 0 Å². The fourth-order valence-electron chi connectivity index (χ4n) is 1.65. The van der Waals surface area contributed by atoms with E-state index in [0.29, 0.717) is 15.8 Å². The molecule has 0 radical (unpaired) electrons. The van der Waals surface area contributed by atoms with E-state index in [2.05, 4.69) is 15.9 Å². The Balaban J connectivity index is 2.27. The minimum atomic E-state index is -4.42. The van der Waals surface area contributed by atoms with Crippen LogP contribution in [-0.4, -0.2) is 5.84 Å². The lowest BCUT2D eigenvalue weighted by atomic mass is 10.2. The third kappa shape index (κ3) is 3.75. The van der Waals surface area contributed by atoms with Crippen LogP contribution in [-0.2, 0) is 6.18 Å². The van der Waals surface area contributed by atoms with Gasteiger partial charge in [-0.3, -0.25) is 5.41 Å². The SMILES string of the molecule is N=C(N)c1ccc(Oc2cccc(C(F)(F)F)c2)cc1Br. The van der Waals surface area contributed by atoms with E-state index >= 15 is 0 Å². The Morgan fingerprint density at radius 2 is 1.76 bits per heavy atom. The lowest BCUT2D eigenvalue weighted by Gasteiger charge is -2.11. The predicted molar refractivity (Wildman–Crippen MR) is 76.7 cm³/mol. The van der Waals surface area contributed by atoms with Gasteiger partial charge < -0.3 is 10.5 Å². The molecule has 0 fully saturated rings. The van der Waals surface area contributed by atoms with Crippen molar-refractivity contribution in [2.75, 3.05) is 0 Å². The van der Waals surface area contributed by atoms with Gasteiger partial charge in [-0.2, -0.15) is 13.2 Å². The third-order valence-corrected chi connectivity index (χ3v) is 3.28. The molecule has 110 valence electrons. The van der Waals surface area contributed by atoms with E-state index in [1.54, 1.807) is 6.07 Å². The minimum Gasteiger partial charge on any atom is -0.457 e. The molecular weight excluding hydrogens is 349 g/mol. The van der Waals surface area contributed by atoms with Crippen LogP contribution in [0.15, 0.2) is 46.9 Å². The highest BCUT2D eigenvalue weighted by Crippen LogP contribution is 2.33. The molecule has 0 aliphatic carbocycles. The van der Waals surface area contributed by atoms with Crippen molar-refractivity contribution < 1.29 is 17.9 Å². The lowest BCUT2D eigenvalue weighted by Crippen LogP contribution is -2.11. The second-order valence-corrected chi connectivity index (χ2v) is 5.04. The molecule has 2 rings (SSSR count). The van der Waals surface area contributed by atoms with E-state index in [9.17, 15) is 13.2 Å². The highest BCUT2D eigenvalue weighted by atomic mass is 79.9. The van der Waals surface area contributed by atoms with Crippen molar-refractivity contribution >= 4 is 21.8 Å². The standard InChI is InChI=1S/C14H10BrF3N2O/c15-12-7-10(4-5-11(12)13(19)20)21-9-3-1-2-8(6-9)14(16,17)18/h1-7H,(H3,19,20). The van der Waals surface area contributed by atoms with Crippen molar-refractivity contribution in [3.63, 3.8) is 0 Å². The zero-order valence-electron chi connectivity index (χ0n) is 10.5. The number of ether oxygens (including phenoxy) is 1. The van der Waals surface area contributed by atoms with Gasteiger partial charge in [0.25, 0.3) is 0 Å². The largest absolute Gasteiger partial charge is 0.457 e. The summed E-state index contributed by atoms with van der Waals surface area (Å²) in [5.74, 6) is 0.297. The Kier molecular flexibility index (Phi) is 4.22. The van der Waals surface area contributed by atoms with E-state index < -0.39 is 11.7 Å². The monoisotopic (exact) mass is 358 g/mol. The van der Waals surface area contributed by atoms with Crippen LogP contribution in [0.25, 0.3) is 0 Å². The molecular formula is C14H10BrF3N2O. The van der Waals surface area contributed by atoms with Gasteiger partial charge in [-0.15, -0.1) is 0 Å². The first-order chi connectivity index (χ1) is 9.77.